The molecule has 0 saturated heterocycles. The second-order valence-corrected chi connectivity index (χ2v) is 4.56. The second-order valence-electron chi connectivity index (χ2n) is 4.56. The summed E-state index contributed by atoms with van der Waals surface area (Å²) in [5.74, 6) is -0.0567. The summed E-state index contributed by atoms with van der Waals surface area (Å²) >= 11 is 0. The molecular formula is C12H21NO3. The summed E-state index contributed by atoms with van der Waals surface area (Å²) < 4.78 is 4.61. The summed E-state index contributed by atoms with van der Waals surface area (Å²) in [6.45, 7) is 4.79. The van der Waals surface area contributed by atoms with E-state index in [-0.39, 0.29) is 6.61 Å². The van der Waals surface area contributed by atoms with Crippen molar-refractivity contribution in [2.45, 2.75) is 39.5 Å². The van der Waals surface area contributed by atoms with Gasteiger partial charge in [-0.2, -0.15) is 0 Å². The number of carbonyl (C=O) groups excluding carboxylic acids is 2. The lowest BCUT2D eigenvalue weighted by Gasteiger charge is -2.25. The van der Waals surface area contributed by atoms with Gasteiger partial charge < -0.3 is 10.1 Å². The van der Waals surface area contributed by atoms with E-state index < -0.39 is 11.9 Å². The molecule has 4 nitrogen and oxygen atoms in total. The van der Waals surface area contributed by atoms with E-state index in [0.717, 1.165) is 18.8 Å². The third-order valence-electron chi connectivity index (χ3n) is 3.15. The molecule has 0 aromatic rings. The van der Waals surface area contributed by atoms with Crippen LogP contribution < -0.4 is 5.32 Å². The van der Waals surface area contributed by atoms with Crippen LogP contribution in [-0.4, -0.2) is 25.0 Å². The molecule has 1 saturated carbocycles. The third kappa shape index (κ3) is 4.21. The van der Waals surface area contributed by atoms with Crippen LogP contribution in [0.3, 0.4) is 0 Å². The predicted molar refractivity (Wildman–Crippen MR) is 60.8 cm³/mol. The molecule has 0 heterocycles. The van der Waals surface area contributed by atoms with Crippen molar-refractivity contribution in [3.63, 3.8) is 0 Å². The van der Waals surface area contributed by atoms with Gasteiger partial charge in [-0.1, -0.05) is 19.8 Å². The lowest BCUT2D eigenvalue weighted by molar-refractivity contribution is -0.154. The highest BCUT2D eigenvalue weighted by atomic mass is 16.5. The van der Waals surface area contributed by atoms with E-state index in [0.29, 0.717) is 12.5 Å². The fourth-order valence-corrected chi connectivity index (χ4v) is 2.04. The van der Waals surface area contributed by atoms with Gasteiger partial charge in [-0.3, -0.25) is 4.79 Å². The van der Waals surface area contributed by atoms with Gasteiger partial charge in [-0.25, -0.2) is 4.79 Å². The zero-order valence-corrected chi connectivity index (χ0v) is 10.1. The normalized spacial score (nSPS) is 24.9. The quantitative estimate of drug-likeness (QED) is 0.587. The van der Waals surface area contributed by atoms with Crippen molar-refractivity contribution in [2.24, 2.45) is 11.8 Å². The van der Waals surface area contributed by atoms with Crippen LogP contribution in [-0.2, 0) is 14.3 Å². The van der Waals surface area contributed by atoms with Crippen LogP contribution in [0, 0.1) is 11.8 Å². The van der Waals surface area contributed by atoms with Gasteiger partial charge in [0.1, 0.15) is 0 Å². The maximum Gasteiger partial charge on any atom is 0.396 e. The van der Waals surface area contributed by atoms with E-state index in [9.17, 15) is 9.59 Å². The molecule has 0 aromatic heterocycles. The number of esters is 1. The Kier molecular flexibility index (Phi) is 5.29. The number of nitrogens with one attached hydrogen (secondary N) is 1. The number of hydrogen-bond donors (Lipinski definition) is 1. The minimum atomic E-state index is -0.772. The number of hydrogen-bond acceptors (Lipinski definition) is 3. The van der Waals surface area contributed by atoms with E-state index in [2.05, 4.69) is 17.0 Å². The first-order valence-electron chi connectivity index (χ1n) is 6.08. The number of amides is 1. The maximum atomic E-state index is 11.3. The highest BCUT2D eigenvalue weighted by Crippen LogP contribution is 2.27. The van der Waals surface area contributed by atoms with Gasteiger partial charge in [-0.15, -0.1) is 0 Å². The van der Waals surface area contributed by atoms with Gasteiger partial charge in [-0.05, 0) is 31.6 Å². The Morgan fingerprint density at radius 1 is 1.25 bits per heavy atom. The third-order valence-corrected chi connectivity index (χ3v) is 3.15. The standard InChI is InChI=1S/C12H21NO3/c1-3-16-12(15)11(14)13-8-10-6-4-9(2)5-7-10/h9-10H,3-8H2,1-2H3,(H,13,14). The molecule has 0 atom stereocenters. The first-order chi connectivity index (χ1) is 7.63. The minimum absolute atomic E-state index is 0.243. The second kappa shape index (κ2) is 6.51. The van der Waals surface area contributed by atoms with Crippen molar-refractivity contribution in [2.75, 3.05) is 13.2 Å². The van der Waals surface area contributed by atoms with Gasteiger partial charge in [0.05, 0.1) is 6.61 Å². The highest BCUT2D eigenvalue weighted by molar-refractivity contribution is 6.32. The molecule has 16 heavy (non-hydrogen) atoms. The van der Waals surface area contributed by atoms with Gasteiger partial charge in [0.2, 0.25) is 0 Å². The van der Waals surface area contributed by atoms with Gasteiger partial charge in [0, 0.05) is 6.54 Å². The van der Waals surface area contributed by atoms with E-state index in [1.165, 1.54) is 12.8 Å². The minimum Gasteiger partial charge on any atom is -0.459 e. The van der Waals surface area contributed by atoms with Crippen LogP contribution in [0.2, 0.25) is 0 Å². The molecular weight excluding hydrogens is 206 g/mol. The molecule has 1 amide bonds. The molecule has 0 radical (unpaired) electrons. The number of ether oxygens (including phenoxy) is 1. The van der Waals surface area contributed by atoms with Crippen LogP contribution >= 0.6 is 0 Å². The summed E-state index contributed by atoms with van der Waals surface area (Å²) in [4.78, 5) is 22.3. The number of rotatable bonds is 3. The average molecular weight is 227 g/mol. The fraction of sp³-hybridized carbons (Fsp3) is 0.833. The summed E-state index contributed by atoms with van der Waals surface area (Å²) in [6, 6.07) is 0. The first-order valence-corrected chi connectivity index (χ1v) is 6.08. The topological polar surface area (TPSA) is 55.4 Å². The molecule has 92 valence electrons. The van der Waals surface area contributed by atoms with Crippen LogP contribution in [0.15, 0.2) is 0 Å². The van der Waals surface area contributed by atoms with Crippen LogP contribution in [0.5, 0.6) is 0 Å². The Morgan fingerprint density at radius 3 is 2.44 bits per heavy atom. The summed E-state index contributed by atoms with van der Waals surface area (Å²) in [7, 11) is 0. The zero-order valence-electron chi connectivity index (χ0n) is 10.1. The Bertz CT molecular complexity index is 245. The van der Waals surface area contributed by atoms with Crippen molar-refractivity contribution in [3.8, 4) is 0 Å². The zero-order chi connectivity index (χ0) is 12.0. The predicted octanol–water partition coefficient (Wildman–Crippen LogP) is 1.49. The van der Waals surface area contributed by atoms with E-state index in [1.54, 1.807) is 6.92 Å². The molecule has 0 unspecified atom stereocenters. The Morgan fingerprint density at radius 2 is 1.88 bits per heavy atom. The van der Waals surface area contributed by atoms with Gasteiger partial charge in [0.15, 0.2) is 0 Å². The van der Waals surface area contributed by atoms with E-state index in [1.807, 2.05) is 0 Å². The molecule has 1 rings (SSSR count). The summed E-state index contributed by atoms with van der Waals surface area (Å²) in [5, 5.41) is 2.64. The molecule has 0 bridgehead atoms. The molecule has 0 spiro atoms. The van der Waals surface area contributed by atoms with Gasteiger partial charge >= 0.3 is 11.9 Å². The molecule has 1 N–H and O–H groups in total. The maximum absolute atomic E-state index is 11.3. The van der Waals surface area contributed by atoms with E-state index >= 15 is 0 Å². The van der Waals surface area contributed by atoms with E-state index in [4.69, 9.17) is 0 Å². The van der Waals surface area contributed by atoms with Gasteiger partial charge in [0.25, 0.3) is 0 Å². The van der Waals surface area contributed by atoms with Crippen molar-refractivity contribution in [1.29, 1.82) is 0 Å². The van der Waals surface area contributed by atoms with Crippen LogP contribution in [0.1, 0.15) is 39.5 Å². The lowest BCUT2D eigenvalue weighted by Crippen LogP contribution is -2.36. The number of carbonyl (C=O) groups is 2. The van der Waals surface area contributed by atoms with Crippen molar-refractivity contribution < 1.29 is 14.3 Å². The van der Waals surface area contributed by atoms with Crippen molar-refractivity contribution >= 4 is 11.9 Å². The average Bonchev–Trinajstić information content (AvgIpc) is 2.28. The molecule has 4 heteroatoms. The van der Waals surface area contributed by atoms with Crippen molar-refractivity contribution in [3.05, 3.63) is 0 Å². The van der Waals surface area contributed by atoms with Crippen LogP contribution in [0.4, 0.5) is 0 Å². The highest BCUT2D eigenvalue weighted by Gasteiger charge is 2.20. The fourth-order valence-electron chi connectivity index (χ4n) is 2.04. The van der Waals surface area contributed by atoms with Crippen LogP contribution in [0.25, 0.3) is 0 Å². The molecule has 1 aliphatic rings. The SMILES string of the molecule is CCOC(=O)C(=O)NCC1CCC(C)CC1. The molecule has 1 fully saturated rings. The monoisotopic (exact) mass is 227 g/mol. The summed E-state index contributed by atoms with van der Waals surface area (Å²) in [5.41, 5.74) is 0. The first kappa shape index (κ1) is 13.0. The molecule has 0 aliphatic heterocycles. The Labute approximate surface area is 96.7 Å². The lowest BCUT2D eigenvalue weighted by atomic mass is 9.83. The summed E-state index contributed by atoms with van der Waals surface area (Å²) in [6.07, 6.45) is 4.73. The smallest absolute Gasteiger partial charge is 0.396 e. The molecule has 0 aromatic carbocycles. The Hall–Kier alpha value is -1.06. The Balaban J connectivity index is 2.19. The van der Waals surface area contributed by atoms with Crippen molar-refractivity contribution in [1.82, 2.24) is 5.32 Å². The largest absolute Gasteiger partial charge is 0.459 e. The molecule has 1 aliphatic carbocycles.